The Hall–Kier alpha value is -3.83. The van der Waals surface area contributed by atoms with Crippen LogP contribution in [0.1, 0.15) is 69.4 Å². The number of anilines is 2. The Kier molecular flexibility index (Phi) is 8.41. The fourth-order valence-electron chi connectivity index (χ4n) is 5.96. The van der Waals surface area contributed by atoms with E-state index >= 15 is 0 Å². The van der Waals surface area contributed by atoms with Crippen LogP contribution in [0.25, 0.3) is 11.6 Å². The molecule has 2 atom stereocenters. The van der Waals surface area contributed by atoms with Gasteiger partial charge in [-0.2, -0.15) is 5.26 Å². The third-order valence-corrected chi connectivity index (χ3v) is 9.04. The van der Waals surface area contributed by atoms with Crippen molar-refractivity contribution in [3.8, 4) is 11.8 Å². The molecule has 0 amide bonds. The van der Waals surface area contributed by atoms with E-state index < -0.39 is 5.97 Å². The van der Waals surface area contributed by atoms with Gasteiger partial charge in [0.1, 0.15) is 16.5 Å². The second-order valence-corrected chi connectivity index (χ2v) is 11.3. The van der Waals surface area contributed by atoms with Crippen molar-refractivity contribution in [1.29, 1.82) is 5.26 Å². The molecule has 0 saturated heterocycles. The molecule has 2 heterocycles. The van der Waals surface area contributed by atoms with Crippen molar-refractivity contribution in [3.63, 3.8) is 0 Å². The third-order valence-electron chi connectivity index (χ3n) is 7.90. The summed E-state index contributed by atoms with van der Waals surface area (Å²) in [5.74, 6) is 0.611. The summed E-state index contributed by atoms with van der Waals surface area (Å²) in [4.78, 5) is 28.5. The van der Waals surface area contributed by atoms with E-state index in [0.29, 0.717) is 27.7 Å². The van der Waals surface area contributed by atoms with Gasteiger partial charge in [0.25, 0.3) is 5.56 Å². The van der Waals surface area contributed by atoms with Crippen LogP contribution >= 0.6 is 11.3 Å². The first kappa shape index (κ1) is 27.7. The maximum Gasteiger partial charge on any atom is 0.351 e. The molecular formula is C32H35N3O4S. The van der Waals surface area contributed by atoms with Gasteiger partial charge < -0.3 is 14.4 Å². The Morgan fingerprint density at radius 2 is 1.95 bits per heavy atom. The number of nitriles is 1. The average molecular weight is 558 g/mol. The minimum atomic E-state index is -0.669. The number of ether oxygens (including phenoxy) is 2. The van der Waals surface area contributed by atoms with E-state index in [4.69, 9.17) is 9.47 Å². The minimum Gasteiger partial charge on any atom is -0.497 e. The molecule has 0 bridgehead atoms. The summed E-state index contributed by atoms with van der Waals surface area (Å²) in [6, 6.07) is 17.0. The van der Waals surface area contributed by atoms with Gasteiger partial charge in [0, 0.05) is 29.9 Å². The van der Waals surface area contributed by atoms with Gasteiger partial charge in [-0.1, -0.05) is 32.3 Å². The van der Waals surface area contributed by atoms with Gasteiger partial charge in [-0.05, 0) is 79.8 Å². The van der Waals surface area contributed by atoms with Crippen molar-refractivity contribution >= 4 is 40.3 Å². The van der Waals surface area contributed by atoms with Crippen molar-refractivity contribution in [3.05, 3.63) is 73.1 Å². The van der Waals surface area contributed by atoms with Crippen LogP contribution in [0.5, 0.6) is 5.75 Å². The molecule has 0 spiro atoms. The molecule has 1 saturated carbocycles. The molecule has 0 radical (unpaired) electrons. The summed E-state index contributed by atoms with van der Waals surface area (Å²) in [6.45, 7) is 4.54. The van der Waals surface area contributed by atoms with Crippen LogP contribution < -0.4 is 24.4 Å². The fraction of sp³-hybridized carbons (Fsp3) is 0.406. The van der Waals surface area contributed by atoms with Crippen LogP contribution in [0.3, 0.4) is 0 Å². The van der Waals surface area contributed by atoms with Crippen molar-refractivity contribution in [2.45, 2.75) is 70.9 Å². The smallest absolute Gasteiger partial charge is 0.351 e. The number of hydrogen-bond donors (Lipinski definition) is 0. The SMILES string of the molecule is CCCCCOC(=O)/C(C#N)=c1/s/c(=C\c2ccc3c(c2)C2CCCC2N3c2ccc(OC)cc2)c(=O)n1CC. The first-order valence-electron chi connectivity index (χ1n) is 14.1. The normalized spacial score (nSPS) is 18.8. The number of unbranched alkanes of at least 4 members (excludes halogenated alkanes) is 2. The largest absolute Gasteiger partial charge is 0.497 e. The summed E-state index contributed by atoms with van der Waals surface area (Å²) < 4.78 is 13.0. The Balaban J connectivity index is 1.53. The second-order valence-electron chi connectivity index (χ2n) is 10.3. The van der Waals surface area contributed by atoms with Crippen LogP contribution in [0, 0.1) is 11.3 Å². The van der Waals surface area contributed by atoms with Gasteiger partial charge in [0.15, 0.2) is 5.57 Å². The molecule has 1 fully saturated rings. The van der Waals surface area contributed by atoms with Crippen LogP contribution in [-0.2, 0) is 16.1 Å². The lowest BCUT2D eigenvalue weighted by atomic mass is 9.96. The molecule has 1 aliphatic carbocycles. The number of benzene rings is 2. The van der Waals surface area contributed by atoms with Gasteiger partial charge >= 0.3 is 5.97 Å². The van der Waals surface area contributed by atoms with E-state index in [1.165, 1.54) is 33.6 Å². The number of rotatable bonds is 9. The molecule has 2 aliphatic rings. The van der Waals surface area contributed by atoms with Crippen molar-refractivity contribution in [1.82, 2.24) is 4.57 Å². The Morgan fingerprint density at radius 3 is 2.65 bits per heavy atom. The lowest BCUT2D eigenvalue weighted by Crippen LogP contribution is -2.32. The van der Waals surface area contributed by atoms with Crippen LogP contribution in [0.4, 0.5) is 11.4 Å². The fourth-order valence-corrected chi connectivity index (χ4v) is 7.11. The molecule has 1 aromatic heterocycles. The number of methoxy groups -OCH3 is 1. The van der Waals surface area contributed by atoms with Gasteiger partial charge in [-0.3, -0.25) is 9.36 Å². The predicted molar refractivity (Wildman–Crippen MR) is 159 cm³/mol. The number of esters is 1. The highest BCUT2D eigenvalue weighted by Crippen LogP contribution is 2.52. The zero-order valence-corrected chi connectivity index (χ0v) is 24.1. The maximum atomic E-state index is 13.3. The first-order chi connectivity index (χ1) is 19.5. The van der Waals surface area contributed by atoms with E-state index in [2.05, 4.69) is 36.1 Å². The van der Waals surface area contributed by atoms with Crippen molar-refractivity contribution in [2.75, 3.05) is 18.6 Å². The number of aromatic nitrogens is 1. The molecule has 40 heavy (non-hydrogen) atoms. The van der Waals surface area contributed by atoms with E-state index in [-0.39, 0.29) is 17.7 Å². The molecule has 8 heteroatoms. The Bertz CT molecular complexity index is 1610. The van der Waals surface area contributed by atoms with Crippen molar-refractivity contribution < 1.29 is 14.3 Å². The Morgan fingerprint density at radius 1 is 1.15 bits per heavy atom. The number of hydrogen-bond acceptors (Lipinski definition) is 7. The quantitative estimate of drug-likeness (QED) is 0.273. The summed E-state index contributed by atoms with van der Waals surface area (Å²) in [7, 11) is 1.68. The molecule has 5 rings (SSSR count). The predicted octanol–water partition coefficient (Wildman–Crippen LogP) is 4.96. The highest BCUT2D eigenvalue weighted by Gasteiger charge is 2.42. The summed E-state index contributed by atoms with van der Waals surface area (Å²) in [5.41, 5.74) is 4.30. The molecule has 2 unspecified atom stereocenters. The molecule has 2 aromatic carbocycles. The van der Waals surface area contributed by atoms with Crippen molar-refractivity contribution in [2.24, 2.45) is 0 Å². The zero-order valence-electron chi connectivity index (χ0n) is 23.3. The van der Waals surface area contributed by atoms with Crippen LogP contribution in [-0.4, -0.2) is 30.3 Å². The molecule has 208 valence electrons. The summed E-state index contributed by atoms with van der Waals surface area (Å²) in [6.07, 6.45) is 8.06. The number of fused-ring (bicyclic) bond motifs is 3. The van der Waals surface area contributed by atoms with Gasteiger partial charge in [0.2, 0.25) is 0 Å². The standard InChI is InChI=1S/C32H35N3O4S/c1-4-6-7-17-39-32(37)26(20-33)31-34(5-2)30(36)29(40-31)19-21-11-16-28-25(18-21)24-9-8-10-27(24)35(28)22-12-14-23(38-3)15-13-22/h11-16,18-19,24,27H,4-10,17H2,1-3H3/b29-19-,31-26+. The maximum absolute atomic E-state index is 13.3. The molecule has 7 nitrogen and oxygen atoms in total. The van der Waals surface area contributed by atoms with E-state index in [1.807, 2.05) is 37.3 Å². The lowest BCUT2D eigenvalue weighted by Gasteiger charge is -2.27. The number of carbonyl (C=O) groups excluding carboxylic acids is 1. The number of nitrogens with zero attached hydrogens (tertiary/aromatic N) is 3. The van der Waals surface area contributed by atoms with Gasteiger partial charge in [0.05, 0.1) is 18.2 Å². The minimum absolute atomic E-state index is 0.113. The van der Waals surface area contributed by atoms with E-state index in [0.717, 1.165) is 49.1 Å². The van der Waals surface area contributed by atoms with Gasteiger partial charge in [-0.25, -0.2) is 4.79 Å². The monoisotopic (exact) mass is 557 g/mol. The number of thiazole rings is 1. The highest BCUT2D eigenvalue weighted by molar-refractivity contribution is 7.07. The average Bonchev–Trinajstić information content (AvgIpc) is 3.65. The third kappa shape index (κ3) is 5.18. The number of carbonyl (C=O) groups is 1. The highest BCUT2D eigenvalue weighted by atomic mass is 32.1. The second kappa shape index (κ2) is 12.1. The summed E-state index contributed by atoms with van der Waals surface area (Å²) >= 11 is 1.18. The van der Waals surface area contributed by atoms with Crippen LogP contribution in [0.2, 0.25) is 0 Å². The molecule has 0 N–H and O–H groups in total. The molecule has 1 aliphatic heterocycles. The van der Waals surface area contributed by atoms with Gasteiger partial charge in [-0.15, -0.1) is 11.3 Å². The molecular weight excluding hydrogens is 522 g/mol. The zero-order chi connectivity index (χ0) is 28.2. The Labute approximate surface area is 238 Å². The first-order valence-corrected chi connectivity index (χ1v) is 14.9. The molecule has 3 aromatic rings. The lowest BCUT2D eigenvalue weighted by molar-refractivity contribution is -0.136. The van der Waals surface area contributed by atoms with Crippen LogP contribution in [0.15, 0.2) is 47.3 Å². The topological polar surface area (TPSA) is 84.6 Å². The van der Waals surface area contributed by atoms with E-state index in [1.54, 1.807) is 7.11 Å². The summed E-state index contributed by atoms with van der Waals surface area (Å²) in [5, 5.41) is 9.78. The van der Waals surface area contributed by atoms with E-state index in [9.17, 15) is 14.9 Å².